The van der Waals surface area contributed by atoms with Gasteiger partial charge in [0.05, 0.1) is 19.9 Å². The molecule has 152 valence electrons. The molecule has 2 N–H and O–H groups in total. The Labute approximate surface area is 160 Å². The summed E-state index contributed by atoms with van der Waals surface area (Å²) < 4.78 is 28.5. The van der Waals surface area contributed by atoms with E-state index in [1.807, 2.05) is 13.0 Å². The Hall–Kier alpha value is -2.05. The molecule has 0 aliphatic rings. The lowest BCUT2D eigenvalue weighted by atomic mass is 10.3. The molecular formula is C18H29N2O6P. The van der Waals surface area contributed by atoms with Gasteiger partial charge in [-0.1, -0.05) is 31.5 Å². The molecule has 0 aliphatic carbocycles. The molecule has 2 unspecified atom stereocenters. The summed E-state index contributed by atoms with van der Waals surface area (Å²) in [5.74, 6) is -0.109. The lowest BCUT2D eigenvalue weighted by Gasteiger charge is -2.23. The zero-order valence-electron chi connectivity index (χ0n) is 16.1. The fourth-order valence-corrected chi connectivity index (χ4v) is 4.16. The van der Waals surface area contributed by atoms with Gasteiger partial charge in [0, 0.05) is 6.54 Å². The number of hydrogen-bond acceptors (Lipinski definition) is 6. The number of para-hydroxylation sites is 1. The molecule has 1 rings (SSSR count). The molecule has 0 heterocycles. The maximum Gasteiger partial charge on any atom is 0.407 e. The topological polar surface area (TPSA) is 103 Å². The Balaban J connectivity index is 2.59. The van der Waals surface area contributed by atoms with Crippen molar-refractivity contribution in [2.45, 2.75) is 39.2 Å². The number of esters is 1. The van der Waals surface area contributed by atoms with Crippen molar-refractivity contribution in [3.63, 3.8) is 0 Å². The van der Waals surface area contributed by atoms with Crippen LogP contribution in [0.4, 0.5) is 4.79 Å². The van der Waals surface area contributed by atoms with Gasteiger partial charge in [0.2, 0.25) is 0 Å². The number of hydrogen-bond donors (Lipinski definition) is 2. The van der Waals surface area contributed by atoms with Crippen molar-refractivity contribution >= 4 is 19.6 Å². The molecule has 0 saturated heterocycles. The summed E-state index contributed by atoms with van der Waals surface area (Å²) in [5.41, 5.74) is 0. The Kier molecular flexibility index (Phi) is 10.5. The normalized spacial score (nSPS) is 13.9. The first kappa shape index (κ1) is 23.0. The molecule has 1 aromatic carbocycles. The lowest BCUT2D eigenvalue weighted by molar-refractivity contribution is -0.142. The zero-order valence-corrected chi connectivity index (χ0v) is 17.0. The summed E-state index contributed by atoms with van der Waals surface area (Å²) in [6, 6.07) is 7.91. The highest BCUT2D eigenvalue weighted by atomic mass is 31.2. The summed E-state index contributed by atoms with van der Waals surface area (Å²) in [6.07, 6.45) is 1.75. The standard InChI is InChI=1S/C18H29N2O6P/c1-4-5-13-25-18(22)19-12-9-14-27(23,20-15(2)17(21)24-3)26-16-10-7-6-8-11-16/h6-8,10-11,15H,4-5,9,12-14H2,1-3H3,(H,19,22)(H,20,23). The van der Waals surface area contributed by atoms with Crippen LogP contribution in [0.3, 0.4) is 0 Å². The van der Waals surface area contributed by atoms with Gasteiger partial charge in [0.1, 0.15) is 11.8 Å². The highest BCUT2D eigenvalue weighted by Gasteiger charge is 2.29. The number of ether oxygens (including phenoxy) is 2. The number of carbonyl (C=O) groups is 2. The third-order valence-corrected chi connectivity index (χ3v) is 5.76. The van der Waals surface area contributed by atoms with Crippen molar-refractivity contribution in [2.24, 2.45) is 0 Å². The van der Waals surface area contributed by atoms with E-state index in [0.29, 0.717) is 18.8 Å². The predicted molar refractivity (Wildman–Crippen MR) is 103 cm³/mol. The van der Waals surface area contributed by atoms with Gasteiger partial charge in [0.25, 0.3) is 0 Å². The molecule has 27 heavy (non-hydrogen) atoms. The average Bonchev–Trinajstić information content (AvgIpc) is 2.65. The molecule has 9 heteroatoms. The summed E-state index contributed by atoms with van der Waals surface area (Å²) in [4.78, 5) is 23.2. The number of alkyl carbamates (subject to hydrolysis) is 1. The van der Waals surface area contributed by atoms with Crippen LogP contribution < -0.4 is 14.9 Å². The number of amides is 1. The molecule has 2 atom stereocenters. The minimum atomic E-state index is -3.39. The zero-order chi connectivity index (χ0) is 20.1. The Morgan fingerprint density at radius 3 is 2.52 bits per heavy atom. The van der Waals surface area contributed by atoms with Crippen LogP contribution in [-0.2, 0) is 18.8 Å². The number of rotatable bonds is 12. The molecule has 0 radical (unpaired) electrons. The second-order valence-electron chi connectivity index (χ2n) is 5.95. The first-order valence-corrected chi connectivity index (χ1v) is 10.8. The highest BCUT2D eigenvalue weighted by molar-refractivity contribution is 7.57. The van der Waals surface area contributed by atoms with Crippen LogP contribution in [-0.4, -0.2) is 44.5 Å². The van der Waals surface area contributed by atoms with Gasteiger partial charge in [-0.25, -0.2) is 9.88 Å². The number of benzene rings is 1. The van der Waals surface area contributed by atoms with Gasteiger partial charge >= 0.3 is 19.6 Å². The Bertz CT molecular complexity index is 626. The average molecular weight is 400 g/mol. The van der Waals surface area contributed by atoms with E-state index in [0.717, 1.165) is 12.8 Å². The van der Waals surface area contributed by atoms with E-state index in [1.54, 1.807) is 31.2 Å². The molecule has 0 aliphatic heterocycles. The molecule has 0 fully saturated rings. The summed E-state index contributed by atoms with van der Waals surface area (Å²) in [7, 11) is -2.13. The molecule has 0 aromatic heterocycles. The van der Waals surface area contributed by atoms with E-state index in [1.165, 1.54) is 7.11 Å². The third kappa shape index (κ3) is 9.45. The van der Waals surface area contributed by atoms with Crippen LogP contribution in [0.1, 0.15) is 33.1 Å². The molecule has 1 amide bonds. The van der Waals surface area contributed by atoms with Crippen LogP contribution in [0.15, 0.2) is 30.3 Å². The van der Waals surface area contributed by atoms with Gasteiger partial charge in [-0.15, -0.1) is 0 Å². The van der Waals surface area contributed by atoms with E-state index in [9.17, 15) is 14.2 Å². The van der Waals surface area contributed by atoms with E-state index in [2.05, 4.69) is 15.1 Å². The van der Waals surface area contributed by atoms with Crippen molar-refractivity contribution in [2.75, 3.05) is 26.4 Å². The predicted octanol–water partition coefficient (Wildman–Crippen LogP) is 3.33. The van der Waals surface area contributed by atoms with E-state index in [-0.39, 0.29) is 12.7 Å². The summed E-state index contributed by atoms with van der Waals surface area (Å²) in [5, 5.41) is 5.35. The van der Waals surface area contributed by atoms with Crippen LogP contribution in [0.5, 0.6) is 5.75 Å². The number of methoxy groups -OCH3 is 1. The second kappa shape index (κ2) is 12.4. The van der Waals surface area contributed by atoms with Crippen molar-refractivity contribution in [1.82, 2.24) is 10.4 Å². The van der Waals surface area contributed by atoms with Gasteiger partial charge < -0.3 is 19.3 Å². The maximum atomic E-state index is 13.2. The van der Waals surface area contributed by atoms with Crippen molar-refractivity contribution in [1.29, 1.82) is 0 Å². The first-order valence-electron chi connectivity index (χ1n) is 9.00. The molecule has 1 aromatic rings. The van der Waals surface area contributed by atoms with Crippen molar-refractivity contribution in [3.8, 4) is 5.75 Å². The summed E-state index contributed by atoms with van der Waals surface area (Å²) >= 11 is 0. The van der Waals surface area contributed by atoms with E-state index in [4.69, 9.17) is 9.26 Å². The molecule has 0 spiro atoms. The quantitative estimate of drug-likeness (QED) is 0.315. The fraction of sp³-hybridized carbons (Fsp3) is 0.556. The minimum absolute atomic E-state index is 0.123. The smallest absolute Gasteiger partial charge is 0.407 e. The van der Waals surface area contributed by atoms with Crippen molar-refractivity contribution < 1.29 is 28.2 Å². The maximum absolute atomic E-state index is 13.2. The molecule has 0 saturated carbocycles. The molecular weight excluding hydrogens is 371 g/mol. The summed E-state index contributed by atoms with van der Waals surface area (Å²) in [6.45, 7) is 4.21. The van der Waals surface area contributed by atoms with Gasteiger partial charge in [-0.05, 0) is 31.9 Å². The number of carbonyl (C=O) groups excluding carboxylic acids is 2. The third-order valence-electron chi connectivity index (χ3n) is 3.57. The minimum Gasteiger partial charge on any atom is -0.468 e. The van der Waals surface area contributed by atoms with Crippen LogP contribution in [0.2, 0.25) is 0 Å². The number of nitrogens with one attached hydrogen (secondary N) is 2. The van der Waals surface area contributed by atoms with Crippen LogP contribution in [0.25, 0.3) is 0 Å². The SMILES string of the molecule is CCCCOC(=O)NCCCP(=O)(NC(C)C(=O)OC)Oc1ccccc1. The monoisotopic (exact) mass is 400 g/mol. The number of unbranched alkanes of at least 4 members (excludes halogenated alkanes) is 1. The van der Waals surface area contributed by atoms with Gasteiger partial charge in [-0.3, -0.25) is 9.36 Å². The van der Waals surface area contributed by atoms with Crippen LogP contribution >= 0.6 is 7.52 Å². The van der Waals surface area contributed by atoms with E-state index < -0.39 is 25.6 Å². The lowest BCUT2D eigenvalue weighted by Crippen LogP contribution is -2.35. The Morgan fingerprint density at radius 1 is 1.19 bits per heavy atom. The highest BCUT2D eigenvalue weighted by Crippen LogP contribution is 2.44. The second-order valence-corrected chi connectivity index (χ2v) is 8.18. The van der Waals surface area contributed by atoms with E-state index >= 15 is 0 Å². The molecule has 8 nitrogen and oxygen atoms in total. The largest absolute Gasteiger partial charge is 0.468 e. The van der Waals surface area contributed by atoms with Crippen LogP contribution in [0, 0.1) is 0 Å². The fourth-order valence-electron chi connectivity index (χ4n) is 2.15. The van der Waals surface area contributed by atoms with Gasteiger partial charge in [-0.2, -0.15) is 0 Å². The first-order chi connectivity index (χ1) is 12.9. The van der Waals surface area contributed by atoms with Gasteiger partial charge in [0.15, 0.2) is 0 Å². The molecule has 0 bridgehead atoms. The Morgan fingerprint density at radius 2 is 1.89 bits per heavy atom. The van der Waals surface area contributed by atoms with Crippen molar-refractivity contribution in [3.05, 3.63) is 30.3 Å².